The molecule has 0 radical (unpaired) electrons. The van der Waals surface area contributed by atoms with Gasteiger partial charge in [0.2, 0.25) is 5.91 Å². The molecule has 0 rings (SSSR count). The zero-order chi connectivity index (χ0) is 29.9. The molecule has 0 N–H and O–H groups in total. The molecule has 0 aromatic carbocycles. The minimum absolute atomic E-state index is 0.339. The van der Waals surface area contributed by atoms with Crippen LogP contribution in [-0.4, -0.2) is 28.3 Å². The third kappa shape index (κ3) is 32.4. The van der Waals surface area contributed by atoms with Gasteiger partial charge in [0.05, 0.1) is 4.43 Å². The predicted octanol–water partition coefficient (Wildman–Crippen LogP) is 13.3. The average Bonchev–Trinajstić information content (AvgIpc) is 2.99. The standard InChI is InChI=1S/C38H72INO/c1-3-5-7-9-11-13-15-17-19-21-23-25-27-29-31-33-35-40(38(41)37-39)36-34-32-30-28-26-24-22-20-18-16-14-12-10-8-6-4-2/h17-20H,3-16,21-37H2,1-2H3/b19-17-,20-18-. The monoisotopic (exact) mass is 685 g/mol. The van der Waals surface area contributed by atoms with E-state index in [-0.39, 0.29) is 0 Å². The summed E-state index contributed by atoms with van der Waals surface area (Å²) in [6.45, 7) is 6.50. The fourth-order valence-electron chi connectivity index (χ4n) is 5.55. The Morgan fingerprint density at radius 1 is 0.439 bits per heavy atom. The van der Waals surface area contributed by atoms with Gasteiger partial charge in [-0.3, -0.25) is 4.79 Å². The van der Waals surface area contributed by atoms with Crippen LogP contribution in [0, 0.1) is 0 Å². The second kappa shape index (κ2) is 35.9. The van der Waals surface area contributed by atoms with E-state index in [0.29, 0.717) is 10.3 Å². The van der Waals surface area contributed by atoms with Gasteiger partial charge in [-0.15, -0.1) is 0 Å². The molecule has 0 aliphatic carbocycles. The van der Waals surface area contributed by atoms with Crippen molar-refractivity contribution in [3.63, 3.8) is 0 Å². The van der Waals surface area contributed by atoms with E-state index in [1.54, 1.807) is 0 Å². The minimum atomic E-state index is 0.339. The maximum absolute atomic E-state index is 12.4. The van der Waals surface area contributed by atoms with E-state index in [2.05, 4.69) is 65.6 Å². The van der Waals surface area contributed by atoms with E-state index in [9.17, 15) is 4.79 Å². The first-order valence-corrected chi connectivity index (χ1v) is 19.9. The molecule has 0 aliphatic rings. The number of hydrogen-bond donors (Lipinski definition) is 0. The second-order valence-electron chi connectivity index (χ2n) is 12.4. The normalized spacial score (nSPS) is 11.8. The summed E-state index contributed by atoms with van der Waals surface area (Å²) in [5.74, 6) is 0.339. The number of carbonyl (C=O) groups is 1. The molecule has 0 fully saturated rings. The molecule has 0 aliphatic heterocycles. The topological polar surface area (TPSA) is 20.3 Å². The van der Waals surface area contributed by atoms with E-state index in [4.69, 9.17) is 0 Å². The lowest BCUT2D eigenvalue weighted by molar-refractivity contribution is -0.128. The lowest BCUT2D eigenvalue weighted by Crippen LogP contribution is -2.33. The molecule has 1 amide bonds. The van der Waals surface area contributed by atoms with Gasteiger partial charge in [-0.1, -0.05) is 176 Å². The molecule has 0 heterocycles. The van der Waals surface area contributed by atoms with E-state index in [1.807, 2.05) is 0 Å². The van der Waals surface area contributed by atoms with Crippen LogP contribution >= 0.6 is 22.6 Å². The van der Waals surface area contributed by atoms with Crippen molar-refractivity contribution in [3.8, 4) is 0 Å². The van der Waals surface area contributed by atoms with Crippen LogP contribution in [0.1, 0.15) is 194 Å². The van der Waals surface area contributed by atoms with Gasteiger partial charge >= 0.3 is 0 Å². The summed E-state index contributed by atoms with van der Waals surface area (Å²) in [4.78, 5) is 14.5. The summed E-state index contributed by atoms with van der Waals surface area (Å²) >= 11 is 2.23. The molecule has 0 saturated carbocycles. The number of amides is 1. The van der Waals surface area contributed by atoms with Gasteiger partial charge in [0, 0.05) is 13.1 Å². The van der Waals surface area contributed by atoms with Crippen molar-refractivity contribution in [1.82, 2.24) is 4.90 Å². The van der Waals surface area contributed by atoms with E-state index >= 15 is 0 Å². The number of rotatable bonds is 33. The molecular weight excluding hydrogens is 613 g/mol. The highest BCUT2D eigenvalue weighted by Gasteiger charge is 2.11. The van der Waals surface area contributed by atoms with Crippen molar-refractivity contribution in [1.29, 1.82) is 0 Å². The van der Waals surface area contributed by atoms with Crippen LogP contribution in [0.25, 0.3) is 0 Å². The molecule has 0 saturated heterocycles. The highest BCUT2D eigenvalue weighted by Crippen LogP contribution is 2.13. The quantitative estimate of drug-likeness (QED) is 0.0291. The van der Waals surface area contributed by atoms with Gasteiger partial charge in [0.1, 0.15) is 0 Å². The molecule has 0 atom stereocenters. The van der Waals surface area contributed by atoms with Gasteiger partial charge in [-0.25, -0.2) is 0 Å². The summed E-state index contributed by atoms with van der Waals surface area (Å²) in [6.07, 6.45) is 47.0. The molecule has 41 heavy (non-hydrogen) atoms. The Morgan fingerprint density at radius 3 is 1.00 bits per heavy atom. The van der Waals surface area contributed by atoms with E-state index < -0.39 is 0 Å². The summed E-state index contributed by atoms with van der Waals surface area (Å²) in [7, 11) is 0. The Balaban J connectivity index is 3.57. The van der Waals surface area contributed by atoms with Crippen LogP contribution in [-0.2, 0) is 4.79 Å². The minimum Gasteiger partial charge on any atom is -0.342 e. The Labute approximate surface area is 272 Å². The Kier molecular flexibility index (Phi) is 35.6. The predicted molar refractivity (Wildman–Crippen MR) is 194 cm³/mol. The average molecular weight is 686 g/mol. The van der Waals surface area contributed by atoms with Gasteiger partial charge in [0.15, 0.2) is 0 Å². The SMILES string of the molecule is CCCCCCCC/C=C\CCCCCCCCN(CCCCCCCC/C=C\CCCCCCCC)C(=O)CI. The highest BCUT2D eigenvalue weighted by atomic mass is 127. The van der Waals surface area contributed by atoms with Crippen molar-refractivity contribution < 1.29 is 4.79 Å². The maximum atomic E-state index is 12.4. The number of hydrogen-bond acceptors (Lipinski definition) is 1. The Hall–Kier alpha value is -0.320. The first-order chi connectivity index (χ1) is 20.3. The largest absolute Gasteiger partial charge is 0.342 e. The molecule has 3 heteroatoms. The van der Waals surface area contributed by atoms with Crippen molar-refractivity contribution in [2.24, 2.45) is 0 Å². The molecule has 0 bridgehead atoms. The van der Waals surface area contributed by atoms with Gasteiger partial charge in [0.25, 0.3) is 0 Å². The Bertz CT molecular complexity index is 531. The number of alkyl halides is 1. The molecule has 0 unspecified atom stereocenters. The van der Waals surface area contributed by atoms with E-state index in [0.717, 1.165) is 13.1 Å². The number of allylic oxidation sites excluding steroid dienone is 4. The van der Waals surface area contributed by atoms with Crippen molar-refractivity contribution in [3.05, 3.63) is 24.3 Å². The van der Waals surface area contributed by atoms with Gasteiger partial charge in [-0.05, 0) is 64.2 Å². The summed E-state index contributed by atoms with van der Waals surface area (Å²) in [6, 6.07) is 0. The summed E-state index contributed by atoms with van der Waals surface area (Å²) in [5, 5.41) is 0. The van der Waals surface area contributed by atoms with Crippen LogP contribution in [0.2, 0.25) is 0 Å². The Morgan fingerprint density at radius 2 is 0.707 bits per heavy atom. The summed E-state index contributed by atoms with van der Waals surface area (Å²) in [5.41, 5.74) is 0. The first-order valence-electron chi connectivity index (χ1n) is 18.4. The van der Waals surface area contributed by atoms with Gasteiger partial charge in [-0.2, -0.15) is 0 Å². The fraction of sp³-hybridized carbons (Fsp3) is 0.868. The van der Waals surface area contributed by atoms with Crippen molar-refractivity contribution in [2.45, 2.75) is 194 Å². The van der Waals surface area contributed by atoms with Crippen molar-refractivity contribution in [2.75, 3.05) is 17.5 Å². The van der Waals surface area contributed by atoms with E-state index in [1.165, 1.54) is 180 Å². The molecule has 0 spiro atoms. The maximum Gasteiger partial charge on any atom is 0.232 e. The third-order valence-electron chi connectivity index (χ3n) is 8.35. The third-order valence-corrected chi connectivity index (χ3v) is 9.00. The summed E-state index contributed by atoms with van der Waals surface area (Å²) < 4.78 is 0.622. The van der Waals surface area contributed by atoms with Gasteiger partial charge < -0.3 is 4.90 Å². The number of unbranched alkanes of at least 4 members (excludes halogenated alkanes) is 24. The zero-order valence-electron chi connectivity index (χ0n) is 28.0. The highest BCUT2D eigenvalue weighted by molar-refractivity contribution is 14.1. The van der Waals surface area contributed by atoms with Crippen LogP contribution in [0.5, 0.6) is 0 Å². The smallest absolute Gasteiger partial charge is 0.232 e. The van der Waals surface area contributed by atoms with Crippen LogP contribution < -0.4 is 0 Å². The molecule has 0 aromatic heterocycles. The lowest BCUT2D eigenvalue weighted by Gasteiger charge is -2.22. The lowest BCUT2D eigenvalue weighted by atomic mass is 10.1. The zero-order valence-corrected chi connectivity index (χ0v) is 30.1. The number of nitrogens with zero attached hydrogens (tertiary/aromatic N) is 1. The molecule has 2 nitrogen and oxygen atoms in total. The first kappa shape index (κ1) is 40.7. The van der Waals surface area contributed by atoms with Crippen LogP contribution in [0.3, 0.4) is 0 Å². The number of carbonyl (C=O) groups excluding carboxylic acids is 1. The molecular formula is C38H72INO. The second-order valence-corrected chi connectivity index (χ2v) is 13.2. The molecule has 242 valence electrons. The fourth-order valence-corrected chi connectivity index (χ4v) is 6.03. The molecule has 0 aromatic rings. The van der Waals surface area contributed by atoms with Crippen molar-refractivity contribution >= 4 is 28.5 Å². The van der Waals surface area contributed by atoms with Crippen LogP contribution in [0.4, 0.5) is 0 Å². The number of halogens is 1. The van der Waals surface area contributed by atoms with Crippen LogP contribution in [0.15, 0.2) is 24.3 Å².